The monoisotopic (exact) mass is 333 g/mol. The largest absolute Gasteiger partial charge is 0.459 e. The molecule has 0 radical (unpaired) electrons. The van der Waals surface area contributed by atoms with E-state index in [-0.39, 0.29) is 17.2 Å². The van der Waals surface area contributed by atoms with Crippen LogP contribution in [0.2, 0.25) is 0 Å². The van der Waals surface area contributed by atoms with Gasteiger partial charge >= 0.3 is 5.97 Å². The van der Waals surface area contributed by atoms with Crippen molar-refractivity contribution < 1.29 is 18.3 Å². The van der Waals surface area contributed by atoms with Crippen LogP contribution in [0.5, 0.6) is 0 Å². The van der Waals surface area contributed by atoms with Crippen molar-refractivity contribution in [2.75, 3.05) is 5.32 Å². The van der Waals surface area contributed by atoms with Crippen LogP contribution in [0.1, 0.15) is 32.4 Å². The third-order valence-electron chi connectivity index (χ3n) is 3.72. The first-order chi connectivity index (χ1) is 11.4. The summed E-state index contributed by atoms with van der Waals surface area (Å²) in [5.74, 6) is -1.22. The number of ether oxygens (including phenoxy) is 1. The Kier molecular flexibility index (Phi) is 4.09. The molecule has 1 aliphatic heterocycles. The van der Waals surface area contributed by atoms with Crippen LogP contribution in [0.15, 0.2) is 41.7 Å². The van der Waals surface area contributed by atoms with Gasteiger partial charge in [-0.15, -0.1) is 0 Å². The number of anilines is 1. The fourth-order valence-corrected chi connectivity index (χ4v) is 2.76. The van der Waals surface area contributed by atoms with E-state index in [2.05, 4.69) is 10.4 Å². The minimum Gasteiger partial charge on any atom is -0.459 e. The molecule has 5 nitrogen and oxygen atoms in total. The molecule has 0 aliphatic carbocycles. The van der Waals surface area contributed by atoms with Crippen molar-refractivity contribution in [2.45, 2.75) is 32.9 Å². The summed E-state index contributed by atoms with van der Waals surface area (Å²) in [7, 11) is 0. The zero-order valence-corrected chi connectivity index (χ0v) is 13.5. The highest BCUT2D eigenvalue weighted by molar-refractivity contribution is 5.92. The van der Waals surface area contributed by atoms with Crippen LogP contribution >= 0.6 is 0 Å². The van der Waals surface area contributed by atoms with Crippen LogP contribution in [0.3, 0.4) is 0 Å². The molecule has 1 aliphatic rings. The van der Waals surface area contributed by atoms with Gasteiger partial charge in [-0.25, -0.2) is 18.3 Å². The van der Waals surface area contributed by atoms with E-state index in [1.807, 2.05) is 0 Å². The number of aromatic nitrogens is 2. The van der Waals surface area contributed by atoms with Crippen molar-refractivity contribution in [3.8, 4) is 0 Å². The van der Waals surface area contributed by atoms with Crippen LogP contribution in [-0.2, 0) is 9.53 Å². The molecule has 1 N–H and O–H groups in total. The average Bonchev–Trinajstić information content (AvgIpc) is 2.95. The van der Waals surface area contributed by atoms with E-state index in [1.54, 1.807) is 26.8 Å². The van der Waals surface area contributed by atoms with Gasteiger partial charge in [-0.05, 0) is 39.0 Å². The topological polar surface area (TPSA) is 56.2 Å². The number of nitrogens with zero attached hydrogens (tertiary/aromatic N) is 2. The highest BCUT2D eigenvalue weighted by Crippen LogP contribution is 2.37. The molecule has 0 saturated carbocycles. The van der Waals surface area contributed by atoms with E-state index < -0.39 is 23.6 Å². The third-order valence-corrected chi connectivity index (χ3v) is 3.72. The number of carbonyl (C=O) groups is 1. The first-order valence-electron chi connectivity index (χ1n) is 7.55. The Morgan fingerprint density at radius 3 is 2.79 bits per heavy atom. The van der Waals surface area contributed by atoms with Crippen molar-refractivity contribution in [1.29, 1.82) is 0 Å². The van der Waals surface area contributed by atoms with E-state index in [9.17, 15) is 13.6 Å². The molecule has 2 aromatic rings. The van der Waals surface area contributed by atoms with Gasteiger partial charge < -0.3 is 10.1 Å². The maximum absolute atomic E-state index is 14.4. The number of hydrogen-bond acceptors (Lipinski definition) is 4. The summed E-state index contributed by atoms with van der Waals surface area (Å²) >= 11 is 0. The zero-order valence-electron chi connectivity index (χ0n) is 13.5. The second kappa shape index (κ2) is 6.07. The van der Waals surface area contributed by atoms with Gasteiger partial charge in [0.15, 0.2) is 0 Å². The second-order valence-corrected chi connectivity index (χ2v) is 5.85. The van der Waals surface area contributed by atoms with Crippen molar-refractivity contribution in [3.63, 3.8) is 0 Å². The predicted molar refractivity (Wildman–Crippen MR) is 84.3 cm³/mol. The summed E-state index contributed by atoms with van der Waals surface area (Å²) in [5, 5.41) is 7.20. The van der Waals surface area contributed by atoms with Gasteiger partial charge in [0.25, 0.3) is 0 Å². The molecule has 126 valence electrons. The van der Waals surface area contributed by atoms with Crippen LogP contribution in [0, 0.1) is 11.6 Å². The molecular weight excluding hydrogens is 316 g/mol. The van der Waals surface area contributed by atoms with Gasteiger partial charge in [0, 0.05) is 17.3 Å². The molecule has 0 bridgehead atoms. The SMILES string of the molecule is CC1=C(C(=O)OC(C)C)C(c2cc(F)ccc2F)n2nccc2N1. The van der Waals surface area contributed by atoms with Gasteiger partial charge in [0.1, 0.15) is 23.5 Å². The minimum atomic E-state index is -0.904. The average molecular weight is 333 g/mol. The summed E-state index contributed by atoms with van der Waals surface area (Å²) in [6, 6.07) is 3.94. The van der Waals surface area contributed by atoms with Gasteiger partial charge in [-0.2, -0.15) is 5.10 Å². The summed E-state index contributed by atoms with van der Waals surface area (Å²) in [4.78, 5) is 12.6. The number of allylic oxidation sites excluding steroid dienone is 1. The lowest BCUT2D eigenvalue weighted by molar-refractivity contribution is -0.143. The Hall–Kier alpha value is -2.70. The predicted octanol–water partition coefficient (Wildman–Crippen LogP) is 3.40. The highest BCUT2D eigenvalue weighted by atomic mass is 19.1. The number of fused-ring (bicyclic) bond motifs is 1. The maximum Gasteiger partial charge on any atom is 0.338 e. The van der Waals surface area contributed by atoms with Crippen LogP contribution in [0.4, 0.5) is 14.6 Å². The molecule has 1 unspecified atom stereocenters. The van der Waals surface area contributed by atoms with Crippen molar-refractivity contribution in [3.05, 3.63) is 58.9 Å². The summed E-state index contributed by atoms with van der Waals surface area (Å²) < 4.78 is 34.8. The molecule has 2 heterocycles. The highest BCUT2D eigenvalue weighted by Gasteiger charge is 2.35. The van der Waals surface area contributed by atoms with E-state index in [0.29, 0.717) is 11.5 Å². The standard InChI is InChI=1S/C17H17F2N3O2/c1-9(2)24-17(23)15-10(3)21-14-6-7-20-22(14)16(15)12-8-11(18)4-5-13(12)19/h4-9,16,21H,1-3H3. The summed E-state index contributed by atoms with van der Waals surface area (Å²) in [5.41, 5.74) is 0.739. The van der Waals surface area contributed by atoms with Crippen molar-refractivity contribution >= 4 is 11.8 Å². The molecule has 3 rings (SSSR count). The second-order valence-electron chi connectivity index (χ2n) is 5.85. The molecule has 1 aromatic carbocycles. The molecular formula is C17H17F2N3O2. The molecule has 24 heavy (non-hydrogen) atoms. The molecule has 1 aromatic heterocycles. The lowest BCUT2D eigenvalue weighted by Gasteiger charge is -2.29. The number of hydrogen-bond donors (Lipinski definition) is 1. The number of nitrogens with one attached hydrogen (secondary N) is 1. The Morgan fingerprint density at radius 1 is 1.33 bits per heavy atom. The van der Waals surface area contributed by atoms with Gasteiger partial charge in [0.05, 0.1) is 17.9 Å². The fourth-order valence-electron chi connectivity index (χ4n) is 2.76. The van der Waals surface area contributed by atoms with Crippen molar-refractivity contribution in [1.82, 2.24) is 9.78 Å². The number of rotatable bonds is 3. The van der Waals surface area contributed by atoms with Crippen molar-refractivity contribution in [2.24, 2.45) is 0 Å². The Morgan fingerprint density at radius 2 is 2.08 bits per heavy atom. The Labute approximate surface area is 137 Å². The third kappa shape index (κ3) is 2.77. The molecule has 7 heteroatoms. The molecule has 1 atom stereocenters. The van der Waals surface area contributed by atoms with E-state index >= 15 is 0 Å². The Bertz CT molecular complexity index is 827. The van der Waals surface area contributed by atoms with Gasteiger partial charge in [-0.3, -0.25) is 0 Å². The van der Waals surface area contributed by atoms with E-state index in [4.69, 9.17) is 4.74 Å². The summed E-state index contributed by atoms with van der Waals surface area (Å²) in [6.07, 6.45) is 1.19. The fraction of sp³-hybridized carbons (Fsp3) is 0.294. The quantitative estimate of drug-likeness (QED) is 0.875. The zero-order chi connectivity index (χ0) is 17.4. The number of esters is 1. The smallest absolute Gasteiger partial charge is 0.338 e. The van der Waals surface area contributed by atoms with Gasteiger partial charge in [-0.1, -0.05) is 0 Å². The van der Waals surface area contributed by atoms with Gasteiger partial charge in [0.2, 0.25) is 0 Å². The number of carbonyl (C=O) groups excluding carboxylic acids is 1. The molecule has 0 amide bonds. The minimum absolute atomic E-state index is 0.0245. The lowest BCUT2D eigenvalue weighted by atomic mass is 9.95. The maximum atomic E-state index is 14.4. The molecule has 0 spiro atoms. The number of benzene rings is 1. The first-order valence-corrected chi connectivity index (χ1v) is 7.55. The van der Waals surface area contributed by atoms with E-state index in [0.717, 1.165) is 18.2 Å². The summed E-state index contributed by atoms with van der Waals surface area (Å²) in [6.45, 7) is 5.14. The number of halogens is 2. The normalized spacial score (nSPS) is 16.8. The van der Waals surface area contributed by atoms with Crippen LogP contribution in [-0.4, -0.2) is 21.9 Å². The molecule has 0 fully saturated rings. The lowest BCUT2D eigenvalue weighted by Crippen LogP contribution is -2.31. The van der Waals surface area contributed by atoms with Crippen LogP contribution in [0.25, 0.3) is 0 Å². The van der Waals surface area contributed by atoms with Crippen LogP contribution < -0.4 is 5.32 Å². The first kappa shape index (κ1) is 16.2. The Balaban J connectivity index is 2.18. The van der Waals surface area contributed by atoms with E-state index in [1.165, 1.54) is 10.9 Å². The molecule has 0 saturated heterocycles.